The van der Waals surface area contributed by atoms with Crippen molar-refractivity contribution >= 4 is 13.3 Å². The molecule has 47 heavy (non-hydrogen) atoms. The van der Waals surface area contributed by atoms with Crippen LogP contribution >= 0.6 is 0 Å². The van der Waals surface area contributed by atoms with Gasteiger partial charge in [0, 0.05) is 5.54 Å². The molecule has 0 spiro atoms. The van der Waals surface area contributed by atoms with Crippen molar-refractivity contribution < 1.29 is 4.74 Å². The first kappa shape index (κ1) is 32.8. The van der Waals surface area contributed by atoms with Gasteiger partial charge in [0.05, 0.1) is 8.07 Å². The van der Waals surface area contributed by atoms with Gasteiger partial charge in [-0.3, -0.25) is 0 Å². The van der Waals surface area contributed by atoms with Crippen molar-refractivity contribution in [1.82, 2.24) is 0 Å². The molecule has 6 rings (SSSR count). The van der Waals surface area contributed by atoms with E-state index < -0.39 is 8.07 Å². The van der Waals surface area contributed by atoms with E-state index in [1.54, 1.807) is 0 Å². The lowest BCUT2D eigenvalue weighted by atomic mass is 9.94. The van der Waals surface area contributed by atoms with Crippen molar-refractivity contribution in [3.63, 3.8) is 0 Å². The number of ether oxygens (including phenoxy) is 1. The van der Waals surface area contributed by atoms with Crippen LogP contribution < -0.4 is 9.92 Å². The molecule has 1 nitrogen and oxygen atoms in total. The van der Waals surface area contributed by atoms with E-state index in [-0.39, 0.29) is 5.54 Å². The number of hydrogen-bond donors (Lipinski definition) is 0. The van der Waals surface area contributed by atoms with Gasteiger partial charge in [0.2, 0.25) is 0 Å². The fourth-order valence-corrected chi connectivity index (χ4v) is 11.3. The maximum absolute atomic E-state index is 6.42. The monoisotopic (exact) mass is 634 g/mol. The summed E-state index contributed by atoms with van der Waals surface area (Å²) in [7, 11) is -2.24. The quantitative estimate of drug-likeness (QED) is 0.104. The maximum atomic E-state index is 6.42. The SMILES string of the molecule is C=CCOc1c(C)cccc1[Si](C)(C)C1c2cc(-c3ccc(C(C)CC)cc3)ccc2-c2ccc(-c3ccc(C(C)CC)cc3)cc21. The summed E-state index contributed by atoms with van der Waals surface area (Å²) in [6.07, 6.45) is 4.15. The van der Waals surface area contributed by atoms with Gasteiger partial charge in [-0.2, -0.15) is 0 Å². The Morgan fingerprint density at radius 3 is 1.60 bits per heavy atom. The molecule has 5 aromatic rings. The zero-order chi connectivity index (χ0) is 33.3. The molecule has 0 heterocycles. The van der Waals surface area contributed by atoms with Crippen LogP contribution in [0.3, 0.4) is 0 Å². The van der Waals surface area contributed by atoms with Crippen molar-refractivity contribution in [2.75, 3.05) is 6.61 Å². The Morgan fingerprint density at radius 1 is 0.681 bits per heavy atom. The number of fused-ring (bicyclic) bond motifs is 3. The summed E-state index contributed by atoms with van der Waals surface area (Å²) in [6.45, 7) is 20.8. The molecule has 2 unspecified atom stereocenters. The molecular formula is C45H50OSi. The molecule has 240 valence electrons. The highest BCUT2D eigenvalue weighted by Crippen LogP contribution is 2.51. The molecule has 5 aromatic carbocycles. The first-order valence-electron chi connectivity index (χ1n) is 17.5. The lowest BCUT2D eigenvalue weighted by Gasteiger charge is -2.34. The summed E-state index contributed by atoms with van der Waals surface area (Å²) in [6, 6.07) is 39.6. The average Bonchev–Trinajstić information content (AvgIpc) is 3.44. The van der Waals surface area contributed by atoms with Gasteiger partial charge in [0.25, 0.3) is 0 Å². The molecule has 0 N–H and O–H groups in total. The van der Waals surface area contributed by atoms with E-state index in [4.69, 9.17) is 4.74 Å². The van der Waals surface area contributed by atoms with Crippen LogP contribution in [0.15, 0.2) is 116 Å². The summed E-state index contributed by atoms with van der Waals surface area (Å²) in [5.74, 6) is 2.18. The van der Waals surface area contributed by atoms with Gasteiger partial charge < -0.3 is 4.74 Å². The van der Waals surface area contributed by atoms with E-state index >= 15 is 0 Å². The average molecular weight is 635 g/mol. The van der Waals surface area contributed by atoms with Crippen LogP contribution in [0.2, 0.25) is 13.1 Å². The molecular weight excluding hydrogens is 585 g/mol. The molecule has 0 radical (unpaired) electrons. The van der Waals surface area contributed by atoms with Gasteiger partial charge in [0.15, 0.2) is 0 Å². The molecule has 1 aliphatic carbocycles. The van der Waals surface area contributed by atoms with E-state index in [2.05, 4.69) is 157 Å². The van der Waals surface area contributed by atoms with Crippen LogP contribution in [0.25, 0.3) is 33.4 Å². The van der Waals surface area contributed by atoms with Crippen LogP contribution in [-0.4, -0.2) is 14.7 Å². The number of rotatable bonds is 11. The molecule has 0 saturated carbocycles. The van der Waals surface area contributed by atoms with Crippen molar-refractivity contribution in [1.29, 1.82) is 0 Å². The summed E-state index contributed by atoms with van der Waals surface area (Å²) >= 11 is 0. The normalized spacial score (nSPS) is 15.1. The van der Waals surface area contributed by atoms with Crippen LogP contribution in [0, 0.1) is 6.92 Å². The Morgan fingerprint density at radius 2 is 1.15 bits per heavy atom. The lowest BCUT2D eigenvalue weighted by Crippen LogP contribution is -2.48. The van der Waals surface area contributed by atoms with Gasteiger partial charge in [0.1, 0.15) is 12.4 Å². The molecule has 2 heteroatoms. The Balaban J connectivity index is 1.50. The number of para-hydroxylation sites is 1. The largest absolute Gasteiger partial charge is 0.489 e. The molecule has 0 saturated heterocycles. The minimum atomic E-state index is -2.24. The predicted octanol–water partition coefficient (Wildman–Crippen LogP) is 12.2. The molecule has 0 aromatic heterocycles. The van der Waals surface area contributed by atoms with Crippen LogP contribution in [0.4, 0.5) is 0 Å². The molecule has 0 bridgehead atoms. The van der Waals surface area contributed by atoms with E-state index in [9.17, 15) is 0 Å². The summed E-state index contributed by atoms with van der Waals surface area (Å²) < 4.78 is 6.42. The van der Waals surface area contributed by atoms with Crippen LogP contribution in [-0.2, 0) is 0 Å². The molecule has 1 aliphatic rings. The maximum Gasteiger partial charge on any atom is 0.121 e. The highest BCUT2D eigenvalue weighted by atomic mass is 28.3. The second kappa shape index (κ2) is 13.5. The number of aryl methyl sites for hydroxylation is 1. The lowest BCUT2D eigenvalue weighted by molar-refractivity contribution is 0.363. The Labute approximate surface area is 284 Å². The zero-order valence-electron chi connectivity index (χ0n) is 29.4. The second-order valence-electron chi connectivity index (χ2n) is 14.2. The fraction of sp³-hybridized carbons (Fsp3) is 0.289. The smallest absolute Gasteiger partial charge is 0.121 e. The van der Waals surface area contributed by atoms with Crippen molar-refractivity contribution in [2.45, 2.75) is 77.9 Å². The third-order valence-electron chi connectivity index (χ3n) is 10.8. The third-order valence-corrected chi connectivity index (χ3v) is 14.7. The van der Waals surface area contributed by atoms with Gasteiger partial charge in [-0.05, 0) is 98.0 Å². The van der Waals surface area contributed by atoms with Gasteiger partial charge in [-0.25, -0.2) is 0 Å². The Bertz CT molecular complexity index is 1780. The van der Waals surface area contributed by atoms with Gasteiger partial charge in [-0.1, -0.05) is 157 Å². The van der Waals surface area contributed by atoms with E-state index in [1.807, 2.05) is 6.08 Å². The fourth-order valence-electron chi connectivity index (χ4n) is 7.53. The second-order valence-corrected chi connectivity index (χ2v) is 18.7. The molecule has 0 amide bonds. The minimum absolute atomic E-state index is 0.277. The van der Waals surface area contributed by atoms with E-state index in [0.717, 1.165) is 18.6 Å². The first-order valence-corrected chi connectivity index (χ1v) is 20.6. The summed E-state index contributed by atoms with van der Waals surface area (Å²) in [5.41, 5.74) is 15.0. The Kier molecular flexibility index (Phi) is 9.44. The standard InChI is InChI=1S/C45H50OSi/c1-9-27-46-44-32(6)13-12-14-43(44)47(7,8)45-41-28-37(35-19-15-33(16-20-35)30(4)10-2)23-25-39(41)40-26-24-38(29-42(40)45)36-21-17-34(18-22-36)31(5)11-3/h9,12-26,28-31,45H,1,10-11,27H2,2-8H3. The van der Waals surface area contributed by atoms with Gasteiger partial charge in [-0.15, -0.1) is 0 Å². The van der Waals surface area contributed by atoms with Crippen LogP contribution in [0.1, 0.15) is 85.7 Å². The summed E-state index contributed by atoms with van der Waals surface area (Å²) in [5, 5.41) is 1.37. The third kappa shape index (κ3) is 6.16. The van der Waals surface area contributed by atoms with E-state index in [0.29, 0.717) is 18.4 Å². The topological polar surface area (TPSA) is 9.23 Å². The van der Waals surface area contributed by atoms with Crippen molar-refractivity contribution in [2.24, 2.45) is 0 Å². The highest BCUT2D eigenvalue weighted by molar-refractivity contribution is 6.92. The van der Waals surface area contributed by atoms with Gasteiger partial charge >= 0.3 is 0 Å². The summed E-state index contributed by atoms with van der Waals surface area (Å²) in [4.78, 5) is 0. The molecule has 0 fully saturated rings. The zero-order valence-corrected chi connectivity index (χ0v) is 30.4. The Hall–Kier alpha value is -4.14. The predicted molar refractivity (Wildman–Crippen MR) is 206 cm³/mol. The van der Waals surface area contributed by atoms with Crippen LogP contribution in [0.5, 0.6) is 5.75 Å². The van der Waals surface area contributed by atoms with Crippen molar-refractivity contribution in [3.8, 4) is 39.1 Å². The minimum Gasteiger partial charge on any atom is -0.489 e. The number of benzene rings is 5. The van der Waals surface area contributed by atoms with Crippen molar-refractivity contribution in [3.05, 3.63) is 144 Å². The number of hydrogen-bond acceptors (Lipinski definition) is 1. The molecule has 2 atom stereocenters. The van der Waals surface area contributed by atoms with E-state index in [1.165, 1.54) is 66.4 Å². The molecule has 0 aliphatic heterocycles. The highest BCUT2D eigenvalue weighted by Gasteiger charge is 2.44. The first-order chi connectivity index (χ1) is 22.7.